The van der Waals surface area contributed by atoms with Gasteiger partial charge in [0.05, 0.1) is 0 Å². The summed E-state index contributed by atoms with van der Waals surface area (Å²) < 4.78 is 30.1. The lowest BCUT2D eigenvalue weighted by atomic mass is 10.3. The van der Waals surface area contributed by atoms with Crippen LogP contribution < -0.4 is 10.5 Å². The van der Waals surface area contributed by atoms with E-state index in [0.29, 0.717) is 12.2 Å². The third kappa shape index (κ3) is 3.87. The number of halogens is 1. The highest BCUT2D eigenvalue weighted by Crippen LogP contribution is 2.21. The maximum Gasteiger partial charge on any atom is 0.263 e. The van der Waals surface area contributed by atoms with Crippen molar-refractivity contribution in [3.05, 3.63) is 46.7 Å². The average molecular weight is 372 g/mol. The third-order valence-corrected chi connectivity index (χ3v) is 4.86. The van der Waals surface area contributed by atoms with E-state index < -0.39 is 10.0 Å². The molecule has 5 nitrogen and oxygen atoms in total. The molecule has 0 saturated heterocycles. The zero-order valence-electron chi connectivity index (χ0n) is 11.7. The first-order chi connectivity index (χ1) is 9.96. The summed E-state index contributed by atoms with van der Waals surface area (Å²) in [6.45, 7) is 3.10. The molecule has 0 atom stereocenters. The molecule has 0 fully saturated rings. The van der Waals surface area contributed by atoms with Gasteiger partial charge in [-0.05, 0) is 30.7 Å². The molecule has 1 aromatic carbocycles. The van der Waals surface area contributed by atoms with E-state index in [1.165, 1.54) is 0 Å². The molecule has 0 aliphatic rings. The predicted molar refractivity (Wildman–Crippen MR) is 87.6 cm³/mol. The van der Waals surface area contributed by atoms with Crippen LogP contribution in [0.3, 0.4) is 0 Å². The van der Waals surface area contributed by atoms with E-state index in [1.807, 2.05) is 17.6 Å². The number of nitrogens with two attached hydrogens (primary N) is 1. The number of anilines is 1. The van der Waals surface area contributed by atoms with Gasteiger partial charge in [0.2, 0.25) is 0 Å². The minimum Gasteiger partial charge on any atom is -0.349 e. The Labute approximate surface area is 133 Å². The second-order valence-electron chi connectivity index (χ2n) is 4.68. The van der Waals surface area contributed by atoms with E-state index in [9.17, 15) is 8.42 Å². The largest absolute Gasteiger partial charge is 0.349 e. The lowest BCUT2D eigenvalue weighted by Gasteiger charge is -2.06. The summed E-state index contributed by atoms with van der Waals surface area (Å²) in [5, 5.41) is 0. The summed E-state index contributed by atoms with van der Waals surface area (Å²) in [6, 6.07) is 8.65. The van der Waals surface area contributed by atoms with Crippen molar-refractivity contribution >= 4 is 31.6 Å². The van der Waals surface area contributed by atoms with Gasteiger partial charge in [0.25, 0.3) is 10.0 Å². The summed E-state index contributed by atoms with van der Waals surface area (Å²) in [6.07, 6.45) is 2.55. The molecule has 0 saturated carbocycles. The number of hydrogen-bond acceptors (Lipinski definition) is 3. The maximum absolute atomic E-state index is 12.4. The van der Waals surface area contributed by atoms with Crippen molar-refractivity contribution in [2.24, 2.45) is 5.73 Å². The van der Waals surface area contributed by atoms with E-state index in [2.05, 4.69) is 20.7 Å². The Morgan fingerprint density at radius 3 is 2.71 bits per heavy atom. The Balaban J connectivity index is 2.31. The molecule has 0 unspecified atom stereocenters. The molecule has 114 valence electrons. The van der Waals surface area contributed by atoms with Gasteiger partial charge < -0.3 is 10.3 Å². The van der Waals surface area contributed by atoms with E-state index in [4.69, 9.17) is 5.73 Å². The van der Waals surface area contributed by atoms with Crippen LogP contribution in [0.15, 0.2) is 45.9 Å². The molecule has 21 heavy (non-hydrogen) atoms. The summed E-state index contributed by atoms with van der Waals surface area (Å²) in [4.78, 5) is 0.233. The van der Waals surface area contributed by atoms with E-state index in [-0.39, 0.29) is 4.90 Å². The van der Waals surface area contributed by atoms with Gasteiger partial charge in [-0.15, -0.1) is 0 Å². The van der Waals surface area contributed by atoms with Crippen LogP contribution in [0, 0.1) is 0 Å². The first-order valence-corrected chi connectivity index (χ1v) is 8.91. The molecule has 0 aliphatic carbocycles. The fraction of sp³-hybridized carbons (Fsp3) is 0.286. The van der Waals surface area contributed by atoms with Gasteiger partial charge in [-0.3, -0.25) is 4.72 Å². The molecule has 7 heteroatoms. The molecule has 0 aliphatic heterocycles. The topological polar surface area (TPSA) is 77.1 Å². The standard InChI is InChI=1S/C14H18BrN3O2S/c1-2-6-18-10-14(8-13(18)9-16)21(19,20)17-12-5-3-4-11(15)7-12/h3-5,7-8,10,17H,2,6,9,16H2,1H3. The zero-order valence-corrected chi connectivity index (χ0v) is 14.1. The second kappa shape index (κ2) is 6.64. The molecule has 0 spiro atoms. The minimum atomic E-state index is -3.61. The Hall–Kier alpha value is -1.31. The van der Waals surface area contributed by atoms with Crippen molar-refractivity contribution in [2.75, 3.05) is 4.72 Å². The van der Waals surface area contributed by atoms with Crippen molar-refractivity contribution in [2.45, 2.75) is 31.3 Å². The normalized spacial score (nSPS) is 11.6. The monoisotopic (exact) mass is 371 g/mol. The first-order valence-electron chi connectivity index (χ1n) is 6.63. The van der Waals surface area contributed by atoms with E-state index in [1.54, 1.807) is 30.5 Å². The minimum absolute atomic E-state index is 0.233. The zero-order chi connectivity index (χ0) is 15.5. The Morgan fingerprint density at radius 1 is 1.33 bits per heavy atom. The second-order valence-corrected chi connectivity index (χ2v) is 7.28. The van der Waals surface area contributed by atoms with E-state index in [0.717, 1.165) is 23.1 Å². The van der Waals surface area contributed by atoms with Crippen LogP contribution in [0.2, 0.25) is 0 Å². The van der Waals surface area contributed by atoms with Crippen LogP contribution in [-0.2, 0) is 23.1 Å². The van der Waals surface area contributed by atoms with Crippen LogP contribution in [0.5, 0.6) is 0 Å². The fourth-order valence-corrected chi connectivity index (χ4v) is 3.57. The predicted octanol–water partition coefficient (Wildman–Crippen LogP) is 2.92. The number of rotatable bonds is 6. The molecule has 1 heterocycles. The number of nitrogens with zero attached hydrogens (tertiary/aromatic N) is 1. The quantitative estimate of drug-likeness (QED) is 0.819. The number of aryl methyl sites for hydroxylation is 1. The summed E-state index contributed by atoms with van der Waals surface area (Å²) in [5.74, 6) is 0. The third-order valence-electron chi connectivity index (χ3n) is 3.02. The van der Waals surface area contributed by atoms with Crippen molar-refractivity contribution < 1.29 is 8.42 Å². The van der Waals surface area contributed by atoms with Gasteiger partial charge in [0, 0.05) is 35.1 Å². The molecule has 1 aromatic heterocycles. The molecule has 3 N–H and O–H groups in total. The van der Waals surface area contributed by atoms with Crippen molar-refractivity contribution in [3.8, 4) is 0 Å². The SMILES string of the molecule is CCCn1cc(S(=O)(=O)Nc2cccc(Br)c2)cc1CN. The first kappa shape index (κ1) is 16.1. The van der Waals surface area contributed by atoms with E-state index >= 15 is 0 Å². The average Bonchev–Trinajstić information content (AvgIpc) is 2.83. The highest BCUT2D eigenvalue weighted by molar-refractivity contribution is 9.10. The molecule has 0 radical (unpaired) electrons. The van der Waals surface area contributed by atoms with Crippen LogP contribution >= 0.6 is 15.9 Å². The maximum atomic E-state index is 12.4. The van der Waals surface area contributed by atoms with Crippen molar-refractivity contribution in [1.29, 1.82) is 0 Å². The lowest BCUT2D eigenvalue weighted by Crippen LogP contribution is -2.12. The highest BCUT2D eigenvalue weighted by Gasteiger charge is 2.18. The Bertz CT molecular complexity index is 726. The van der Waals surface area contributed by atoms with Gasteiger partial charge in [-0.25, -0.2) is 8.42 Å². The molecule has 0 amide bonds. The fourth-order valence-electron chi connectivity index (χ4n) is 2.06. The molecular formula is C14H18BrN3O2S. The Kier molecular flexibility index (Phi) is 5.08. The number of benzene rings is 1. The highest BCUT2D eigenvalue weighted by atomic mass is 79.9. The number of hydrogen-bond donors (Lipinski definition) is 2. The number of nitrogens with one attached hydrogen (secondary N) is 1. The number of sulfonamides is 1. The van der Waals surface area contributed by atoms with Gasteiger partial charge in [-0.2, -0.15) is 0 Å². The molecular weight excluding hydrogens is 354 g/mol. The lowest BCUT2D eigenvalue weighted by molar-refractivity contribution is 0.600. The van der Waals surface area contributed by atoms with Gasteiger partial charge in [0.1, 0.15) is 4.90 Å². The van der Waals surface area contributed by atoms with Crippen molar-refractivity contribution in [1.82, 2.24) is 4.57 Å². The van der Waals surface area contributed by atoms with Crippen molar-refractivity contribution in [3.63, 3.8) is 0 Å². The van der Waals surface area contributed by atoms with Crippen LogP contribution in [0.1, 0.15) is 19.0 Å². The van der Waals surface area contributed by atoms with Crippen LogP contribution in [-0.4, -0.2) is 13.0 Å². The van der Waals surface area contributed by atoms with Gasteiger partial charge in [0.15, 0.2) is 0 Å². The van der Waals surface area contributed by atoms with Crippen LogP contribution in [0.4, 0.5) is 5.69 Å². The van der Waals surface area contributed by atoms with Crippen LogP contribution in [0.25, 0.3) is 0 Å². The molecule has 0 bridgehead atoms. The smallest absolute Gasteiger partial charge is 0.263 e. The number of aromatic nitrogens is 1. The van der Waals surface area contributed by atoms with Gasteiger partial charge >= 0.3 is 0 Å². The molecule has 2 rings (SSSR count). The summed E-state index contributed by atoms with van der Waals surface area (Å²) in [7, 11) is -3.61. The Morgan fingerprint density at radius 2 is 2.10 bits per heavy atom. The van der Waals surface area contributed by atoms with Gasteiger partial charge in [-0.1, -0.05) is 28.9 Å². The summed E-state index contributed by atoms with van der Waals surface area (Å²) in [5.41, 5.74) is 6.99. The summed E-state index contributed by atoms with van der Waals surface area (Å²) >= 11 is 3.32. The molecule has 2 aromatic rings.